The van der Waals surface area contributed by atoms with E-state index in [1.165, 1.54) is 193 Å². The van der Waals surface area contributed by atoms with Crippen LogP contribution in [0.3, 0.4) is 0 Å². The first kappa shape index (κ1) is 76.6. The summed E-state index contributed by atoms with van der Waals surface area (Å²) < 4.78 is 16.9. The van der Waals surface area contributed by atoms with Crippen LogP contribution in [0.15, 0.2) is 85.1 Å². The molecule has 0 aromatic carbocycles. The first-order chi connectivity index (χ1) is 39.5. The van der Waals surface area contributed by atoms with E-state index in [1.54, 1.807) is 0 Å². The topological polar surface area (TPSA) is 78.9 Å². The Morgan fingerprint density at radius 2 is 0.487 bits per heavy atom. The lowest BCUT2D eigenvalue weighted by Gasteiger charge is -2.18. The third-order valence-electron chi connectivity index (χ3n) is 15.1. The van der Waals surface area contributed by atoms with Crippen molar-refractivity contribution in [2.24, 2.45) is 0 Å². The lowest BCUT2D eigenvalue weighted by Crippen LogP contribution is -2.30. The second-order valence-electron chi connectivity index (χ2n) is 23.1. The Morgan fingerprint density at radius 1 is 0.263 bits per heavy atom. The second-order valence-corrected chi connectivity index (χ2v) is 23.1. The molecule has 0 aliphatic carbocycles. The smallest absolute Gasteiger partial charge is 0.306 e. The molecule has 6 nitrogen and oxygen atoms in total. The quantitative estimate of drug-likeness (QED) is 0.0261. The van der Waals surface area contributed by atoms with Gasteiger partial charge in [0, 0.05) is 19.3 Å². The van der Waals surface area contributed by atoms with Gasteiger partial charge in [-0.3, -0.25) is 14.4 Å². The van der Waals surface area contributed by atoms with Crippen LogP contribution >= 0.6 is 0 Å². The number of carbonyl (C=O) groups excluding carboxylic acids is 3. The maximum absolute atomic E-state index is 12.9. The molecule has 1 atom stereocenters. The second kappa shape index (κ2) is 68.1. The van der Waals surface area contributed by atoms with Crippen LogP contribution in [0.5, 0.6) is 0 Å². The van der Waals surface area contributed by atoms with Crippen LogP contribution in [0, 0.1) is 0 Å². The van der Waals surface area contributed by atoms with Gasteiger partial charge in [-0.15, -0.1) is 0 Å². The van der Waals surface area contributed by atoms with E-state index < -0.39 is 6.10 Å². The predicted octanol–water partition coefficient (Wildman–Crippen LogP) is 23.8. The first-order valence-corrected chi connectivity index (χ1v) is 34.6. The van der Waals surface area contributed by atoms with E-state index in [0.717, 1.165) is 116 Å². The summed E-state index contributed by atoms with van der Waals surface area (Å²) in [7, 11) is 0. The minimum Gasteiger partial charge on any atom is -0.462 e. The summed E-state index contributed by atoms with van der Waals surface area (Å²) in [5.74, 6) is -0.887. The van der Waals surface area contributed by atoms with Crippen molar-refractivity contribution in [1.82, 2.24) is 0 Å². The summed E-state index contributed by atoms with van der Waals surface area (Å²) in [6.07, 6.45) is 90.5. The Kier molecular flexibility index (Phi) is 65.2. The fourth-order valence-electron chi connectivity index (χ4n) is 9.93. The van der Waals surface area contributed by atoms with Gasteiger partial charge in [0.05, 0.1) is 0 Å². The number of rotatable bonds is 63. The highest BCUT2D eigenvalue weighted by Crippen LogP contribution is 2.17. The number of hydrogen-bond acceptors (Lipinski definition) is 6. The molecule has 0 saturated carbocycles. The lowest BCUT2D eigenvalue weighted by atomic mass is 10.0. The number of ether oxygens (including phenoxy) is 3. The van der Waals surface area contributed by atoms with E-state index in [1.807, 2.05) is 0 Å². The molecule has 6 heteroatoms. The average molecular weight is 1120 g/mol. The third-order valence-corrected chi connectivity index (χ3v) is 15.1. The van der Waals surface area contributed by atoms with Crippen LogP contribution in [0.1, 0.15) is 348 Å². The monoisotopic (exact) mass is 1110 g/mol. The van der Waals surface area contributed by atoms with Crippen LogP contribution in [-0.4, -0.2) is 37.2 Å². The molecular weight excluding hydrogens is 985 g/mol. The molecule has 0 rings (SSSR count). The van der Waals surface area contributed by atoms with E-state index in [-0.39, 0.29) is 31.1 Å². The maximum atomic E-state index is 12.9. The molecule has 1 unspecified atom stereocenters. The molecule has 0 spiro atoms. The maximum Gasteiger partial charge on any atom is 0.306 e. The van der Waals surface area contributed by atoms with Gasteiger partial charge in [-0.05, 0) is 116 Å². The minimum atomic E-state index is -0.786. The molecule has 0 saturated heterocycles. The molecule has 0 heterocycles. The van der Waals surface area contributed by atoms with E-state index in [0.29, 0.717) is 19.3 Å². The number of hydrogen-bond donors (Lipinski definition) is 0. The number of unbranched alkanes of at least 4 members (excludes halogenated alkanes) is 38. The molecule has 0 bridgehead atoms. The molecule has 0 amide bonds. The average Bonchev–Trinajstić information content (AvgIpc) is 3.46. The van der Waals surface area contributed by atoms with Crippen LogP contribution in [0.25, 0.3) is 0 Å². The van der Waals surface area contributed by atoms with Crippen molar-refractivity contribution in [3.05, 3.63) is 85.1 Å². The van der Waals surface area contributed by atoms with Gasteiger partial charge in [-0.25, -0.2) is 0 Å². The normalized spacial score (nSPS) is 12.6. The standard InChI is InChI=1S/C74H130O6/c1-4-7-10-13-16-19-22-25-28-29-30-31-32-33-34-35-36-37-38-39-40-41-42-43-44-45-47-49-52-55-58-61-64-67-73(76)79-70-71(69-78-72(75)66-63-60-57-54-51-48-27-24-21-18-15-12-9-6-3)80-74(77)68-65-62-59-56-53-50-46-26-23-20-17-14-11-8-5-2/h7,10,16-17,19-20,24-28,30-31,46,71H,4-6,8-9,11-15,18,21-23,29,32-45,47-70H2,1-3H3/b10-7-,19-16-,20-17-,27-24-,28-25-,31-30-,46-26-. The summed E-state index contributed by atoms with van der Waals surface area (Å²) in [6.45, 7) is 6.51. The molecule has 0 fully saturated rings. The zero-order valence-corrected chi connectivity index (χ0v) is 53.1. The van der Waals surface area contributed by atoms with Gasteiger partial charge in [-0.1, -0.05) is 298 Å². The van der Waals surface area contributed by atoms with Gasteiger partial charge in [-0.2, -0.15) is 0 Å². The number of carbonyl (C=O) groups is 3. The molecule has 80 heavy (non-hydrogen) atoms. The van der Waals surface area contributed by atoms with Crippen LogP contribution in [0.4, 0.5) is 0 Å². The van der Waals surface area contributed by atoms with Gasteiger partial charge >= 0.3 is 17.9 Å². The van der Waals surface area contributed by atoms with E-state index in [9.17, 15) is 14.4 Å². The van der Waals surface area contributed by atoms with Gasteiger partial charge < -0.3 is 14.2 Å². The summed E-state index contributed by atoms with van der Waals surface area (Å²) in [4.78, 5) is 38.3. The third kappa shape index (κ3) is 65.4. The highest BCUT2D eigenvalue weighted by Gasteiger charge is 2.19. The van der Waals surface area contributed by atoms with Crippen molar-refractivity contribution in [2.45, 2.75) is 354 Å². The Morgan fingerprint density at radius 3 is 0.800 bits per heavy atom. The first-order valence-electron chi connectivity index (χ1n) is 34.6. The van der Waals surface area contributed by atoms with Crippen LogP contribution < -0.4 is 0 Å². The summed E-state index contributed by atoms with van der Waals surface area (Å²) in [6, 6.07) is 0. The number of allylic oxidation sites excluding steroid dienone is 14. The van der Waals surface area contributed by atoms with Crippen LogP contribution in [-0.2, 0) is 28.6 Å². The van der Waals surface area contributed by atoms with Gasteiger partial charge in [0.2, 0.25) is 0 Å². The number of esters is 3. The fraction of sp³-hybridized carbons (Fsp3) is 0.770. The van der Waals surface area contributed by atoms with Gasteiger partial charge in [0.15, 0.2) is 6.10 Å². The summed E-state index contributed by atoms with van der Waals surface area (Å²) in [5, 5.41) is 0. The molecule has 0 aromatic heterocycles. The molecule has 0 aliphatic rings. The van der Waals surface area contributed by atoms with Crippen molar-refractivity contribution in [2.75, 3.05) is 13.2 Å². The largest absolute Gasteiger partial charge is 0.462 e. The molecular formula is C74H130O6. The summed E-state index contributed by atoms with van der Waals surface area (Å²) in [5.41, 5.74) is 0. The van der Waals surface area contributed by atoms with Crippen molar-refractivity contribution in [3.8, 4) is 0 Å². The van der Waals surface area contributed by atoms with Gasteiger partial charge in [0.1, 0.15) is 13.2 Å². The minimum absolute atomic E-state index is 0.0807. The molecule has 0 N–H and O–H groups in total. The van der Waals surface area contributed by atoms with Crippen molar-refractivity contribution in [1.29, 1.82) is 0 Å². The molecule has 0 aliphatic heterocycles. The lowest BCUT2D eigenvalue weighted by molar-refractivity contribution is -0.167. The van der Waals surface area contributed by atoms with E-state index in [4.69, 9.17) is 14.2 Å². The molecule has 0 radical (unpaired) electrons. The Bertz CT molecular complexity index is 1520. The zero-order valence-electron chi connectivity index (χ0n) is 53.1. The van der Waals surface area contributed by atoms with Crippen molar-refractivity contribution >= 4 is 17.9 Å². The molecule has 462 valence electrons. The van der Waals surface area contributed by atoms with Crippen LogP contribution in [0.2, 0.25) is 0 Å². The van der Waals surface area contributed by atoms with E-state index >= 15 is 0 Å². The zero-order chi connectivity index (χ0) is 57.8. The van der Waals surface area contributed by atoms with E-state index in [2.05, 4.69) is 106 Å². The SMILES string of the molecule is CC/C=C\C/C=C\C/C=C\C/C=C\CCCCCCCCCCCCCCCCCCCCCCC(=O)OCC(COC(=O)CCCCCCC/C=C\CCCCCCC)OC(=O)CCCCCCC/C=C\C/C=C\CCCCC. The predicted molar refractivity (Wildman–Crippen MR) is 348 cm³/mol. The Hall–Kier alpha value is -3.41. The van der Waals surface area contributed by atoms with Crippen molar-refractivity contribution in [3.63, 3.8) is 0 Å². The fourth-order valence-corrected chi connectivity index (χ4v) is 9.93. The Labute approximate surface area is 496 Å². The highest BCUT2D eigenvalue weighted by molar-refractivity contribution is 5.71. The van der Waals surface area contributed by atoms with Gasteiger partial charge in [0.25, 0.3) is 0 Å². The van der Waals surface area contributed by atoms with Crippen molar-refractivity contribution < 1.29 is 28.6 Å². The summed E-state index contributed by atoms with van der Waals surface area (Å²) >= 11 is 0. The highest BCUT2D eigenvalue weighted by atomic mass is 16.6. The molecule has 0 aromatic rings. The Balaban J connectivity index is 4.15.